The summed E-state index contributed by atoms with van der Waals surface area (Å²) in [6.07, 6.45) is 6.04. The predicted molar refractivity (Wildman–Crippen MR) is 130 cm³/mol. The predicted octanol–water partition coefficient (Wildman–Crippen LogP) is 2.49. The lowest BCUT2D eigenvalue weighted by Gasteiger charge is -2.35. The van der Waals surface area contributed by atoms with Gasteiger partial charge in [-0.3, -0.25) is 4.57 Å². The molecular formula is C23H30N6O4S. The quantitative estimate of drug-likeness (QED) is 0.585. The van der Waals surface area contributed by atoms with E-state index in [9.17, 15) is 13.2 Å². The van der Waals surface area contributed by atoms with Crippen LogP contribution >= 0.6 is 0 Å². The molecule has 10 nitrogen and oxygen atoms in total. The average Bonchev–Trinajstić information content (AvgIpc) is 3.12. The summed E-state index contributed by atoms with van der Waals surface area (Å²) in [6.45, 7) is 3.71. The van der Waals surface area contributed by atoms with Gasteiger partial charge in [-0.15, -0.1) is 0 Å². The van der Waals surface area contributed by atoms with Gasteiger partial charge in [-0.05, 0) is 38.0 Å². The summed E-state index contributed by atoms with van der Waals surface area (Å²) >= 11 is 0. The molecule has 0 bridgehead atoms. The van der Waals surface area contributed by atoms with Crippen LogP contribution < -0.4 is 16.0 Å². The number of anilines is 2. The molecule has 2 fully saturated rings. The molecule has 5 rings (SSSR count). The summed E-state index contributed by atoms with van der Waals surface area (Å²) in [5.74, 6) is 0.948. The van der Waals surface area contributed by atoms with Crippen molar-refractivity contribution in [3.63, 3.8) is 0 Å². The van der Waals surface area contributed by atoms with E-state index in [1.165, 1.54) is 46.3 Å². The molecule has 1 aromatic carbocycles. The van der Waals surface area contributed by atoms with Crippen LogP contribution in [-0.2, 0) is 17.1 Å². The van der Waals surface area contributed by atoms with Crippen LogP contribution in [0.2, 0.25) is 0 Å². The van der Waals surface area contributed by atoms with Crippen molar-refractivity contribution in [1.29, 1.82) is 0 Å². The molecule has 0 radical (unpaired) electrons. The standard InChI is InChI=1S/C23H30N6O4S/c1-16-14-21(26-22(24-16)25-17-6-4-3-5-7-17)28-10-12-29(13-11-28)34(31,32)18-8-9-20-19(15-18)27(2)23(30)33-20/h8-9,14-15,17H,3-7,10-13H2,1-2H3,(H,24,25,26). The van der Waals surface area contributed by atoms with Gasteiger partial charge in [0.05, 0.1) is 10.4 Å². The first-order valence-electron chi connectivity index (χ1n) is 11.8. The fraction of sp³-hybridized carbons (Fsp3) is 0.522. The summed E-state index contributed by atoms with van der Waals surface area (Å²) in [7, 11) is -2.14. The van der Waals surface area contributed by atoms with Gasteiger partial charge in [-0.1, -0.05) is 19.3 Å². The first-order chi connectivity index (χ1) is 16.3. The summed E-state index contributed by atoms with van der Waals surface area (Å²) in [6, 6.07) is 6.88. The number of piperazine rings is 1. The van der Waals surface area contributed by atoms with Crippen LogP contribution in [-0.4, -0.2) is 59.5 Å². The molecule has 0 amide bonds. The van der Waals surface area contributed by atoms with E-state index in [2.05, 4.69) is 15.2 Å². The van der Waals surface area contributed by atoms with Crippen molar-refractivity contribution in [3.05, 3.63) is 40.5 Å². The highest BCUT2D eigenvalue weighted by Gasteiger charge is 2.30. The minimum Gasteiger partial charge on any atom is -0.408 e. The first kappa shape index (κ1) is 22.9. The molecule has 1 saturated heterocycles. The van der Waals surface area contributed by atoms with Crippen molar-refractivity contribution in [3.8, 4) is 0 Å². The number of aryl methyl sites for hydroxylation is 2. The number of fused-ring (bicyclic) bond motifs is 1. The first-order valence-corrected chi connectivity index (χ1v) is 13.2. The maximum absolute atomic E-state index is 13.3. The molecule has 1 N–H and O–H groups in total. The molecule has 11 heteroatoms. The van der Waals surface area contributed by atoms with Crippen LogP contribution in [0.1, 0.15) is 37.8 Å². The summed E-state index contributed by atoms with van der Waals surface area (Å²) < 4.78 is 34.5. The van der Waals surface area contributed by atoms with Gasteiger partial charge in [0.2, 0.25) is 16.0 Å². The van der Waals surface area contributed by atoms with E-state index in [4.69, 9.17) is 9.40 Å². The van der Waals surface area contributed by atoms with Crippen molar-refractivity contribution < 1.29 is 12.8 Å². The van der Waals surface area contributed by atoms with Crippen molar-refractivity contribution >= 4 is 32.9 Å². The van der Waals surface area contributed by atoms with E-state index in [1.54, 1.807) is 7.05 Å². The number of rotatable bonds is 5. The lowest BCUT2D eigenvalue weighted by Crippen LogP contribution is -2.49. The van der Waals surface area contributed by atoms with Crippen molar-refractivity contribution in [2.75, 3.05) is 36.4 Å². The smallest absolute Gasteiger partial charge is 0.408 e. The van der Waals surface area contributed by atoms with Gasteiger partial charge in [0.25, 0.3) is 0 Å². The minimum atomic E-state index is -3.70. The zero-order valence-electron chi connectivity index (χ0n) is 19.5. The van der Waals surface area contributed by atoms with Crippen LogP contribution in [0.25, 0.3) is 11.1 Å². The molecular weight excluding hydrogens is 456 g/mol. The van der Waals surface area contributed by atoms with E-state index >= 15 is 0 Å². The number of hydrogen-bond acceptors (Lipinski definition) is 8. The Morgan fingerprint density at radius 3 is 2.50 bits per heavy atom. The van der Waals surface area contributed by atoms with Gasteiger partial charge in [0.1, 0.15) is 5.82 Å². The largest absolute Gasteiger partial charge is 0.419 e. The van der Waals surface area contributed by atoms with Crippen LogP contribution in [0.3, 0.4) is 0 Å². The molecule has 0 unspecified atom stereocenters. The van der Waals surface area contributed by atoms with Gasteiger partial charge in [0, 0.05) is 51.0 Å². The Bertz CT molecular complexity index is 1350. The molecule has 1 aliphatic heterocycles. The van der Waals surface area contributed by atoms with Gasteiger partial charge in [0.15, 0.2) is 5.58 Å². The Hall–Kier alpha value is -2.92. The Morgan fingerprint density at radius 1 is 1.03 bits per heavy atom. The molecule has 3 aromatic rings. The molecule has 2 aliphatic rings. The normalized spacial score (nSPS) is 18.5. The highest BCUT2D eigenvalue weighted by molar-refractivity contribution is 7.89. The molecule has 1 saturated carbocycles. The highest BCUT2D eigenvalue weighted by Crippen LogP contribution is 2.25. The van der Waals surface area contributed by atoms with Crippen molar-refractivity contribution in [1.82, 2.24) is 18.8 Å². The van der Waals surface area contributed by atoms with E-state index in [0.717, 1.165) is 24.4 Å². The SMILES string of the molecule is Cc1cc(N2CCN(S(=O)(=O)c3ccc4oc(=O)n(C)c4c3)CC2)nc(NC2CCCCC2)n1. The van der Waals surface area contributed by atoms with Crippen molar-refractivity contribution in [2.24, 2.45) is 7.05 Å². The zero-order valence-corrected chi connectivity index (χ0v) is 20.3. The number of nitrogens with zero attached hydrogens (tertiary/aromatic N) is 5. The van der Waals surface area contributed by atoms with E-state index < -0.39 is 15.8 Å². The van der Waals surface area contributed by atoms with Gasteiger partial charge in [-0.25, -0.2) is 18.2 Å². The maximum Gasteiger partial charge on any atom is 0.419 e. The Morgan fingerprint density at radius 2 is 1.76 bits per heavy atom. The van der Waals surface area contributed by atoms with Crippen molar-refractivity contribution in [2.45, 2.75) is 50.0 Å². The molecule has 3 heterocycles. The summed E-state index contributed by atoms with van der Waals surface area (Å²) in [5.41, 5.74) is 1.71. The molecule has 34 heavy (non-hydrogen) atoms. The number of benzene rings is 1. The van der Waals surface area contributed by atoms with Crippen LogP contribution in [0.4, 0.5) is 11.8 Å². The second-order valence-corrected chi connectivity index (χ2v) is 11.1. The highest BCUT2D eigenvalue weighted by atomic mass is 32.2. The average molecular weight is 487 g/mol. The Labute approximate surface area is 198 Å². The van der Waals surface area contributed by atoms with E-state index in [-0.39, 0.29) is 4.90 Å². The lowest BCUT2D eigenvalue weighted by atomic mass is 9.96. The van der Waals surface area contributed by atoms with Gasteiger partial charge < -0.3 is 14.6 Å². The molecule has 0 atom stereocenters. The second kappa shape index (κ2) is 9.03. The van der Waals surface area contributed by atoms with Crippen LogP contribution in [0, 0.1) is 6.92 Å². The zero-order chi connectivity index (χ0) is 23.9. The van der Waals surface area contributed by atoms with Gasteiger partial charge in [-0.2, -0.15) is 9.29 Å². The number of sulfonamides is 1. The number of oxazole rings is 1. The lowest BCUT2D eigenvalue weighted by molar-refractivity contribution is 0.383. The van der Waals surface area contributed by atoms with Crippen LogP contribution in [0.15, 0.2) is 38.4 Å². The number of aromatic nitrogens is 3. The summed E-state index contributed by atoms with van der Waals surface area (Å²) in [4.78, 5) is 23.3. The second-order valence-electron chi connectivity index (χ2n) is 9.12. The summed E-state index contributed by atoms with van der Waals surface area (Å²) in [5, 5.41) is 3.49. The molecule has 182 valence electrons. The Kier molecular flexibility index (Phi) is 6.07. The van der Waals surface area contributed by atoms with E-state index in [0.29, 0.717) is 49.3 Å². The molecule has 1 aliphatic carbocycles. The fourth-order valence-corrected chi connectivity index (χ4v) is 6.22. The fourth-order valence-electron chi connectivity index (χ4n) is 4.78. The van der Waals surface area contributed by atoms with Crippen LogP contribution in [0.5, 0.6) is 0 Å². The topological polar surface area (TPSA) is 114 Å². The maximum atomic E-state index is 13.3. The third-order valence-electron chi connectivity index (χ3n) is 6.74. The van der Waals surface area contributed by atoms with Gasteiger partial charge >= 0.3 is 5.76 Å². The molecule has 2 aromatic heterocycles. The van der Waals surface area contributed by atoms with E-state index in [1.807, 2.05) is 13.0 Å². The molecule has 0 spiro atoms. The Balaban J connectivity index is 1.29. The third kappa shape index (κ3) is 4.41. The number of hydrogen-bond donors (Lipinski definition) is 1. The minimum absolute atomic E-state index is 0.154. The monoisotopic (exact) mass is 486 g/mol. The number of nitrogens with one attached hydrogen (secondary N) is 1. The third-order valence-corrected chi connectivity index (χ3v) is 8.64.